The molecule has 0 radical (unpaired) electrons. The summed E-state index contributed by atoms with van der Waals surface area (Å²) >= 11 is 0. The molecular formula is C12H15N3. The Kier molecular flexibility index (Phi) is 1.99. The van der Waals surface area contributed by atoms with Gasteiger partial charge in [-0.05, 0) is 37.9 Å². The van der Waals surface area contributed by atoms with Crippen LogP contribution in [0.15, 0.2) is 24.5 Å². The van der Waals surface area contributed by atoms with Crippen LogP contribution in [-0.2, 0) is 0 Å². The SMILES string of the molecule is Cc1cccn2ncc(C3CCCN3)c12. The first-order valence-electron chi connectivity index (χ1n) is 5.52. The number of fused-ring (bicyclic) bond motifs is 1. The van der Waals surface area contributed by atoms with Crippen molar-refractivity contribution in [3.63, 3.8) is 0 Å². The van der Waals surface area contributed by atoms with Gasteiger partial charge in [-0.15, -0.1) is 0 Å². The maximum absolute atomic E-state index is 4.40. The van der Waals surface area contributed by atoms with Gasteiger partial charge in [-0.25, -0.2) is 4.52 Å². The number of hydrogen-bond acceptors (Lipinski definition) is 2. The highest BCUT2D eigenvalue weighted by Crippen LogP contribution is 2.27. The van der Waals surface area contributed by atoms with E-state index in [-0.39, 0.29) is 0 Å². The first kappa shape index (κ1) is 8.92. The summed E-state index contributed by atoms with van der Waals surface area (Å²) in [6.45, 7) is 3.28. The molecule has 0 amide bonds. The summed E-state index contributed by atoms with van der Waals surface area (Å²) in [4.78, 5) is 0. The number of nitrogens with one attached hydrogen (secondary N) is 1. The first-order valence-corrected chi connectivity index (χ1v) is 5.52. The molecule has 1 saturated heterocycles. The molecule has 0 aromatic carbocycles. The fraction of sp³-hybridized carbons (Fsp3) is 0.417. The normalized spacial score (nSPS) is 21.3. The van der Waals surface area contributed by atoms with Crippen LogP contribution >= 0.6 is 0 Å². The molecule has 0 bridgehead atoms. The van der Waals surface area contributed by atoms with Gasteiger partial charge < -0.3 is 5.32 Å². The van der Waals surface area contributed by atoms with Crippen LogP contribution in [0.1, 0.15) is 30.0 Å². The van der Waals surface area contributed by atoms with Gasteiger partial charge in [0, 0.05) is 17.8 Å². The number of nitrogens with zero attached hydrogens (tertiary/aromatic N) is 2. The summed E-state index contributed by atoms with van der Waals surface area (Å²) in [5, 5.41) is 7.93. The lowest BCUT2D eigenvalue weighted by molar-refractivity contribution is 0.652. The number of hydrogen-bond donors (Lipinski definition) is 1. The molecule has 1 aliphatic heterocycles. The molecule has 78 valence electrons. The van der Waals surface area contributed by atoms with Crippen LogP contribution < -0.4 is 5.32 Å². The third kappa shape index (κ3) is 1.35. The van der Waals surface area contributed by atoms with Gasteiger partial charge >= 0.3 is 0 Å². The molecule has 0 saturated carbocycles. The third-order valence-corrected chi connectivity index (χ3v) is 3.21. The zero-order valence-electron chi connectivity index (χ0n) is 8.90. The Morgan fingerprint density at radius 2 is 2.47 bits per heavy atom. The second kappa shape index (κ2) is 3.35. The van der Waals surface area contributed by atoms with Crippen LogP contribution in [0, 0.1) is 6.92 Å². The van der Waals surface area contributed by atoms with Crippen molar-refractivity contribution in [3.8, 4) is 0 Å². The lowest BCUT2D eigenvalue weighted by atomic mass is 10.1. The molecule has 2 aromatic rings. The molecule has 3 nitrogen and oxygen atoms in total. The van der Waals surface area contributed by atoms with Crippen molar-refractivity contribution in [1.29, 1.82) is 0 Å². The molecular weight excluding hydrogens is 186 g/mol. The highest BCUT2D eigenvalue weighted by atomic mass is 15.2. The summed E-state index contributed by atoms with van der Waals surface area (Å²) in [5.74, 6) is 0. The van der Waals surface area contributed by atoms with Crippen molar-refractivity contribution in [1.82, 2.24) is 14.9 Å². The Balaban J connectivity index is 2.18. The van der Waals surface area contributed by atoms with Crippen molar-refractivity contribution in [2.45, 2.75) is 25.8 Å². The number of aryl methyl sites for hydroxylation is 1. The van der Waals surface area contributed by atoms with Crippen molar-refractivity contribution >= 4 is 5.52 Å². The van der Waals surface area contributed by atoms with E-state index < -0.39 is 0 Å². The Morgan fingerprint density at radius 3 is 3.27 bits per heavy atom. The summed E-state index contributed by atoms with van der Waals surface area (Å²) in [5.41, 5.74) is 3.93. The van der Waals surface area contributed by atoms with Crippen molar-refractivity contribution < 1.29 is 0 Å². The number of pyridine rings is 1. The van der Waals surface area contributed by atoms with Crippen LogP contribution in [0.4, 0.5) is 0 Å². The average molecular weight is 201 g/mol. The second-order valence-corrected chi connectivity index (χ2v) is 4.23. The number of aromatic nitrogens is 2. The highest BCUT2D eigenvalue weighted by molar-refractivity contribution is 5.60. The van der Waals surface area contributed by atoms with Crippen LogP contribution in [0.25, 0.3) is 5.52 Å². The lowest BCUT2D eigenvalue weighted by Gasteiger charge is -2.09. The van der Waals surface area contributed by atoms with E-state index in [0.29, 0.717) is 6.04 Å². The molecule has 3 heteroatoms. The largest absolute Gasteiger partial charge is 0.310 e. The summed E-state index contributed by atoms with van der Waals surface area (Å²) in [6, 6.07) is 4.69. The standard InChI is InChI=1S/C12H15N3/c1-9-4-3-7-15-12(9)10(8-14-15)11-5-2-6-13-11/h3-4,7-8,11,13H,2,5-6H2,1H3. The van der Waals surface area contributed by atoms with E-state index in [1.54, 1.807) is 0 Å². The van der Waals surface area contributed by atoms with Gasteiger partial charge in [0.25, 0.3) is 0 Å². The predicted molar refractivity (Wildman–Crippen MR) is 59.9 cm³/mol. The van der Waals surface area contributed by atoms with Gasteiger partial charge in [0.15, 0.2) is 0 Å². The zero-order valence-corrected chi connectivity index (χ0v) is 8.90. The summed E-state index contributed by atoms with van der Waals surface area (Å²) in [6.07, 6.45) is 6.52. The van der Waals surface area contributed by atoms with Crippen molar-refractivity contribution in [2.24, 2.45) is 0 Å². The maximum Gasteiger partial charge on any atom is 0.0738 e. The average Bonchev–Trinajstić information content (AvgIpc) is 2.85. The van der Waals surface area contributed by atoms with Gasteiger partial charge in [0.05, 0.1) is 11.7 Å². The summed E-state index contributed by atoms with van der Waals surface area (Å²) < 4.78 is 1.98. The van der Waals surface area contributed by atoms with Crippen LogP contribution in [0.3, 0.4) is 0 Å². The lowest BCUT2D eigenvalue weighted by Crippen LogP contribution is -2.12. The van der Waals surface area contributed by atoms with E-state index in [9.17, 15) is 0 Å². The van der Waals surface area contributed by atoms with E-state index in [1.165, 1.54) is 29.5 Å². The Bertz CT molecular complexity index is 481. The van der Waals surface area contributed by atoms with E-state index in [4.69, 9.17) is 0 Å². The third-order valence-electron chi connectivity index (χ3n) is 3.21. The molecule has 0 spiro atoms. The fourth-order valence-electron chi connectivity index (χ4n) is 2.45. The second-order valence-electron chi connectivity index (χ2n) is 4.23. The molecule has 0 aliphatic carbocycles. The molecule has 1 N–H and O–H groups in total. The molecule has 15 heavy (non-hydrogen) atoms. The highest BCUT2D eigenvalue weighted by Gasteiger charge is 2.20. The minimum Gasteiger partial charge on any atom is -0.310 e. The van der Waals surface area contributed by atoms with Gasteiger partial charge in [-0.1, -0.05) is 6.07 Å². The molecule has 1 aliphatic rings. The van der Waals surface area contributed by atoms with E-state index in [0.717, 1.165) is 6.54 Å². The minimum atomic E-state index is 0.503. The van der Waals surface area contributed by atoms with Crippen LogP contribution in [0.2, 0.25) is 0 Å². The van der Waals surface area contributed by atoms with Gasteiger partial charge in [-0.3, -0.25) is 0 Å². The van der Waals surface area contributed by atoms with E-state index >= 15 is 0 Å². The first-order chi connectivity index (χ1) is 7.36. The minimum absolute atomic E-state index is 0.503. The molecule has 1 fully saturated rings. The fourth-order valence-corrected chi connectivity index (χ4v) is 2.45. The molecule has 1 atom stereocenters. The topological polar surface area (TPSA) is 29.3 Å². The van der Waals surface area contributed by atoms with Crippen LogP contribution in [-0.4, -0.2) is 16.2 Å². The van der Waals surface area contributed by atoms with Crippen LogP contribution in [0.5, 0.6) is 0 Å². The Morgan fingerprint density at radius 1 is 1.53 bits per heavy atom. The predicted octanol–water partition coefficient (Wildman–Crippen LogP) is 2.07. The van der Waals surface area contributed by atoms with Gasteiger partial charge in [0.2, 0.25) is 0 Å². The maximum atomic E-state index is 4.40. The Labute approximate surface area is 89.1 Å². The number of rotatable bonds is 1. The molecule has 2 aromatic heterocycles. The smallest absolute Gasteiger partial charge is 0.0738 e. The van der Waals surface area contributed by atoms with E-state index in [2.05, 4.69) is 23.4 Å². The van der Waals surface area contributed by atoms with Gasteiger partial charge in [-0.2, -0.15) is 5.10 Å². The van der Waals surface area contributed by atoms with Gasteiger partial charge in [0.1, 0.15) is 0 Å². The quantitative estimate of drug-likeness (QED) is 0.765. The monoisotopic (exact) mass is 201 g/mol. The van der Waals surface area contributed by atoms with Crippen molar-refractivity contribution in [2.75, 3.05) is 6.54 Å². The van der Waals surface area contributed by atoms with Crippen molar-refractivity contribution in [3.05, 3.63) is 35.7 Å². The summed E-state index contributed by atoms with van der Waals surface area (Å²) in [7, 11) is 0. The van der Waals surface area contributed by atoms with E-state index in [1.807, 2.05) is 23.0 Å². The Hall–Kier alpha value is -1.35. The zero-order chi connectivity index (χ0) is 10.3. The molecule has 3 heterocycles. The molecule has 1 unspecified atom stereocenters. The molecule has 3 rings (SSSR count).